The second-order valence-electron chi connectivity index (χ2n) is 4.36. The zero-order valence-corrected chi connectivity index (χ0v) is 11.1. The smallest absolute Gasteiger partial charge is 0.0985 e. The average Bonchev–Trinajstić information content (AvgIpc) is 2.66. The van der Waals surface area contributed by atoms with E-state index in [4.69, 9.17) is 10.5 Å². The summed E-state index contributed by atoms with van der Waals surface area (Å²) in [5, 5.41) is 13.8. The minimum Gasteiger partial charge on any atom is -0.391 e. The SMILES string of the molecule is CCc1nn(C)cc1C(CN)OC(C)C(C)O. The lowest BCUT2D eigenvalue weighted by atomic mass is 10.1. The third-order valence-electron chi connectivity index (χ3n) is 2.89. The van der Waals surface area contributed by atoms with Crippen LogP contribution in [-0.4, -0.2) is 33.6 Å². The summed E-state index contributed by atoms with van der Waals surface area (Å²) in [4.78, 5) is 0. The Morgan fingerprint density at radius 1 is 1.53 bits per heavy atom. The number of aliphatic hydroxyl groups is 1. The lowest BCUT2D eigenvalue weighted by Gasteiger charge is -2.23. The molecule has 0 aliphatic carbocycles. The first-order chi connectivity index (χ1) is 7.99. The fourth-order valence-electron chi connectivity index (χ4n) is 1.73. The first kappa shape index (κ1) is 14.2. The predicted molar refractivity (Wildman–Crippen MR) is 66.6 cm³/mol. The third kappa shape index (κ3) is 3.52. The Bertz CT molecular complexity index is 350. The maximum absolute atomic E-state index is 9.46. The van der Waals surface area contributed by atoms with Crippen molar-refractivity contribution in [1.82, 2.24) is 9.78 Å². The van der Waals surface area contributed by atoms with Gasteiger partial charge in [0.25, 0.3) is 0 Å². The first-order valence-electron chi connectivity index (χ1n) is 6.05. The standard InChI is InChI=1S/C12H23N3O2/c1-5-11-10(7-15(4)14-11)12(6-13)17-9(3)8(2)16/h7-9,12,16H,5-6,13H2,1-4H3. The summed E-state index contributed by atoms with van der Waals surface area (Å²) >= 11 is 0. The minimum absolute atomic E-state index is 0.205. The minimum atomic E-state index is -0.509. The molecule has 1 aromatic rings. The Labute approximate surface area is 103 Å². The molecule has 1 heterocycles. The van der Waals surface area contributed by atoms with Gasteiger partial charge in [0.15, 0.2) is 0 Å². The molecular weight excluding hydrogens is 218 g/mol. The molecule has 0 aliphatic heterocycles. The largest absolute Gasteiger partial charge is 0.391 e. The fraction of sp³-hybridized carbons (Fsp3) is 0.750. The van der Waals surface area contributed by atoms with Crippen molar-refractivity contribution in [3.63, 3.8) is 0 Å². The molecule has 0 spiro atoms. The Morgan fingerprint density at radius 3 is 2.65 bits per heavy atom. The molecule has 0 fully saturated rings. The van der Waals surface area contributed by atoms with Crippen LogP contribution in [0.3, 0.4) is 0 Å². The van der Waals surface area contributed by atoms with Crippen molar-refractivity contribution in [1.29, 1.82) is 0 Å². The van der Waals surface area contributed by atoms with Crippen molar-refractivity contribution in [2.75, 3.05) is 6.54 Å². The van der Waals surface area contributed by atoms with E-state index in [2.05, 4.69) is 12.0 Å². The average molecular weight is 241 g/mol. The van der Waals surface area contributed by atoms with Crippen LogP contribution in [0.5, 0.6) is 0 Å². The van der Waals surface area contributed by atoms with E-state index in [0.29, 0.717) is 6.54 Å². The molecule has 0 bridgehead atoms. The van der Waals surface area contributed by atoms with Gasteiger partial charge in [0.1, 0.15) is 0 Å². The van der Waals surface area contributed by atoms with Crippen LogP contribution in [0.4, 0.5) is 0 Å². The van der Waals surface area contributed by atoms with E-state index >= 15 is 0 Å². The van der Waals surface area contributed by atoms with Crippen molar-refractivity contribution in [3.8, 4) is 0 Å². The van der Waals surface area contributed by atoms with Crippen LogP contribution in [-0.2, 0) is 18.2 Å². The maximum Gasteiger partial charge on any atom is 0.0985 e. The van der Waals surface area contributed by atoms with Gasteiger partial charge < -0.3 is 15.6 Å². The van der Waals surface area contributed by atoms with Gasteiger partial charge in [-0.05, 0) is 20.3 Å². The normalized spacial score (nSPS) is 16.8. The molecule has 17 heavy (non-hydrogen) atoms. The third-order valence-corrected chi connectivity index (χ3v) is 2.89. The van der Waals surface area contributed by atoms with Gasteiger partial charge in [-0.1, -0.05) is 6.92 Å². The molecule has 5 heteroatoms. The highest BCUT2D eigenvalue weighted by Gasteiger charge is 2.21. The number of ether oxygens (including phenoxy) is 1. The van der Waals surface area contributed by atoms with Gasteiger partial charge in [-0.15, -0.1) is 0 Å². The Kier molecular flexibility index (Phi) is 5.11. The van der Waals surface area contributed by atoms with Crippen molar-refractivity contribution < 1.29 is 9.84 Å². The van der Waals surface area contributed by atoms with E-state index < -0.39 is 6.10 Å². The molecule has 98 valence electrons. The summed E-state index contributed by atoms with van der Waals surface area (Å²) in [6, 6.07) is 0. The topological polar surface area (TPSA) is 73.3 Å². The monoisotopic (exact) mass is 241 g/mol. The molecule has 3 atom stereocenters. The predicted octanol–water partition coefficient (Wildman–Crippen LogP) is 0.768. The number of hydrogen-bond acceptors (Lipinski definition) is 4. The van der Waals surface area contributed by atoms with E-state index in [-0.39, 0.29) is 12.2 Å². The van der Waals surface area contributed by atoms with E-state index in [1.807, 2.05) is 20.2 Å². The molecule has 1 rings (SSSR count). The second kappa shape index (κ2) is 6.14. The summed E-state index contributed by atoms with van der Waals surface area (Å²) < 4.78 is 7.55. The van der Waals surface area contributed by atoms with Crippen LogP contribution in [0.2, 0.25) is 0 Å². The molecule has 5 nitrogen and oxygen atoms in total. The molecule has 0 saturated carbocycles. The van der Waals surface area contributed by atoms with Gasteiger partial charge >= 0.3 is 0 Å². The number of aromatic nitrogens is 2. The highest BCUT2D eigenvalue weighted by atomic mass is 16.5. The van der Waals surface area contributed by atoms with E-state index in [1.54, 1.807) is 11.6 Å². The van der Waals surface area contributed by atoms with Gasteiger partial charge in [-0.3, -0.25) is 4.68 Å². The zero-order valence-electron chi connectivity index (χ0n) is 11.1. The van der Waals surface area contributed by atoms with Gasteiger partial charge in [-0.2, -0.15) is 5.10 Å². The van der Waals surface area contributed by atoms with Gasteiger partial charge in [0.05, 0.1) is 24.0 Å². The molecule has 0 aliphatic rings. The molecule has 0 aromatic carbocycles. The van der Waals surface area contributed by atoms with E-state index in [1.165, 1.54) is 0 Å². The summed E-state index contributed by atoms with van der Waals surface area (Å²) in [6.45, 7) is 5.99. The quantitative estimate of drug-likeness (QED) is 0.771. The highest BCUT2D eigenvalue weighted by Crippen LogP contribution is 2.22. The lowest BCUT2D eigenvalue weighted by Crippen LogP contribution is -2.28. The van der Waals surface area contributed by atoms with E-state index in [0.717, 1.165) is 17.7 Å². The number of rotatable bonds is 6. The number of nitrogens with zero attached hydrogens (tertiary/aromatic N) is 2. The van der Waals surface area contributed by atoms with Crippen LogP contribution in [0.1, 0.15) is 38.1 Å². The zero-order chi connectivity index (χ0) is 13.0. The number of hydrogen-bond donors (Lipinski definition) is 2. The Balaban J connectivity index is 2.85. The lowest BCUT2D eigenvalue weighted by molar-refractivity contribution is -0.0594. The van der Waals surface area contributed by atoms with Crippen LogP contribution in [0, 0.1) is 0 Å². The number of aryl methyl sites for hydroxylation is 2. The maximum atomic E-state index is 9.46. The summed E-state index contributed by atoms with van der Waals surface area (Å²) in [5.41, 5.74) is 7.76. The number of nitrogens with two attached hydrogens (primary N) is 1. The molecule has 3 N–H and O–H groups in total. The van der Waals surface area contributed by atoms with Crippen molar-refractivity contribution in [2.24, 2.45) is 12.8 Å². The molecule has 1 aromatic heterocycles. The number of aliphatic hydroxyl groups excluding tert-OH is 1. The van der Waals surface area contributed by atoms with Crippen molar-refractivity contribution in [3.05, 3.63) is 17.5 Å². The van der Waals surface area contributed by atoms with Gasteiger partial charge in [-0.25, -0.2) is 0 Å². The first-order valence-corrected chi connectivity index (χ1v) is 6.05. The van der Waals surface area contributed by atoms with Crippen molar-refractivity contribution >= 4 is 0 Å². The van der Waals surface area contributed by atoms with Crippen LogP contribution in [0.25, 0.3) is 0 Å². The highest BCUT2D eigenvalue weighted by molar-refractivity contribution is 5.20. The van der Waals surface area contributed by atoms with Gasteiger partial charge in [0.2, 0.25) is 0 Å². The summed E-state index contributed by atoms with van der Waals surface area (Å²) in [7, 11) is 1.88. The van der Waals surface area contributed by atoms with Gasteiger partial charge in [0, 0.05) is 25.4 Å². The van der Waals surface area contributed by atoms with Crippen LogP contribution >= 0.6 is 0 Å². The molecule has 0 saturated heterocycles. The van der Waals surface area contributed by atoms with Crippen molar-refractivity contribution in [2.45, 2.75) is 45.5 Å². The molecule has 0 amide bonds. The summed E-state index contributed by atoms with van der Waals surface area (Å²) in [6.07, 6.45) is 1.83. The Hall–Kier alpha value is -0.910. The van der Waals surface area contributed by atoms with Crippen LogP contribution in [0.15, 0.2) is 6.20 Å². The second-order valence-corrected chi connectivity index (χ2v) is 4.36. The van der Waals surface area contributed by atoms with E-state index in [9.17, 15) is 5.11 Å². The Morgan fingerprint density at radius 2 is 2.18 bits per heavy atom. The summed E-state index contributed by atoms with van der Waals surface area (Å²) in [5.74, 6) is 0. The van der Waals surface area contributed by atoms with Crippen LogP contribution < -0.4 is 5.73 Å². The fourth-order valence-corrected chi connectivity index (χ4v) is 1.73. The molecule has 3 unspecified atom stereocenters. The molecule has 0 radical (unpaired) electrons. The molecular formula is C12H23N3O2.